The average molecular weight is 300 g/mol. The normalized spacial score (nSPS) is 24.5. The number of aliphatic hydroxyl groups is 1. The summed E-state index contributed by atoms with van der Waals surface area (Å²) in [5, 5.41) is 19.9. The Morgan fingerprint density at radius 2 is 2.00 bits per heavy atom. The maximum Gasteiger partial charge on any atom is 0.292 e. The van der Waals surface area contributed by atoms with E-state index in [1.165, 1.54) is 12.1 Å². The highest BCUT2D eigenvalue weighted by Gasteiger charge is 2.56. The monoisotopic (exact) mass is 300 g/mol. The lowest BCUT2D eigenvalue weighted by atomic mass is 9.63. The molecule has 0 spiro atoms. The molecule has 1 aliphatic rings. The Morgan fingerprint density at radius 3 is 2.52 bits per heavy atom. The summed E-state index contributed by atoms with van der Waals surface area (Å²) in [5.41, 5.74) is 3.74. The van der Waals surface area contributed by atoms with Crippen LogP contribution < -0.4 is 5.73 Å². The zero-order chi connectivity index (χ0) is 16.1. The molecular weight excluding hydrogens is 282 g/mol. The number of benzene rings is 1. The van der Waals surface area contributed by atoms with Gasteiger partial charge in [-0.3, -0.25) is 10.1 Å². The second-order valence-corrected chi connectivity index (χ2v) is 6.20. The van der Waals surface area contributed by atoms with Gasteiger partial charge in [0, 0.05) is 12.1 Å². The molecule has 0 fully saturated rings. The molecule has 0 heterocycles. The van der Waals surface area contributed by atoms with Gasteiger partial charge in [0.2, 0.25) is 0 Å². The van der Waals surface area contributed by atoms with Crippen LogP contribution in [0.2, 0.25) is 0 Å². The topological polar surface area (TPSA) is 89.4 Å². The molecule has 0 unspecified atom stereocenters. The number of nitro benzene ring substituents is 1. The van der Waals surface area contributed by atoms with Gasteiger partial charge in [0.05, 0.1) is 4.92 Å². The van der Waals surface area contributed by atoms with Crippen LogP contribution >= 0.6 is 0 Å². The molecule has 1 atom stereocenters. The van der Waals surface area contributed by atoms with E-state index < -0.39 is 28.4 Å². The van der Waals surface area contributed by atoms with Gasteiger partial charge in [0.1, 0.15) is 12.1 Å². The molecule has 2 rings (SSSR count). The quantitative estimate of drug-likeness (QED) is 0.663. The summed E-state index contributed by atoms with van der Waals surface area (Å²) in [7, 11) is 0. The number of hydrogen-bond donors (Lipinski definition) is 2. The summed E-state index contributed by atoms with van der Waals surface area (Å²) in [4.78, 5) is 10.3. The van der Waals surface area contributed by atoms with Gasteiger partial charge in [-0.15, -0.1) is 0 Å². The number of alkyl halides is 2. The first kappa shape index (κ1) is 15.8. The minimum absolute atomic E-state index is 0.0481. The number of hydrogen-bond acceptors (Lipinski definition) is 4. The van der Waals surface area contributed by atoms with Gasteiger partial charge in [-0.2, -0.15) is 0 Å². The maximum absolute atomic E-state index is 14.1. The van der Waals surface area contributed by atoms with Crippen molar-refractivity contribution in [3.8, 4) is 0 Å². The molecule has 0 bridgehead atoms. The van der Waals surface area contributed by atoms with Crippen LogP contribution in [0.3, 0.4) is 0 Å². The minimum atomic E-state index is -3.55. The molecule has 5 nitrogen and oxygen atoms in total. The fourth-order valence-corrected chi connectivity index (χ4v) is 2.91. The van der Waals surface area contributed by atoms with Crippen LogP contribution in [0.15, 0.2) is 18.2 Å². The van der Waals surface area contributed by atoms with Crippen molar-refractivity contribution in [1.82, 2.24) is 0 Å². The molecule has 3 N–H and O–H groups in total. The van der Waals surface area contributed by atoms with Gasteiger partial charge in [0.25, 0.3) is 11.6 Å². The molecule has 1 aromatic carbocycles. The van der Waals surface area contributed by atoms with Crippen molar-refractivity contribution in [1.29, 1.82) is 0 Å². The summed E-state index contributed by atoms with van der Waals surface area (Å²) in [6.45, 7) is 2.37. The van der Waals surface area contributed by atoms with Gasteiger partial charge in [-0.05, 0) is 29.4 Å². The van der Waals surface area contributed by atoms with E-state index in [1.54, 1.807) is 0 Å². The van der Waals surface area contributed by atoms with Crippen LogP contribution in [-0.4, -0.2) is 22.6 Å². The van der Waals surface area contributed by atoms with Crippen molar-refractivity contribution in [2.45, 2.75) is 43.6 Å². The first-order valence-electron chi connectivity index (χ1n) is 6.62. The Hall–Kier alpha value is -1.60. The molecule has 116 valence electrons. The van der Waals surface area contributed by atoms with Crippen LogP contribution in [0, 0.1) is 10.1 Å². The Kier molecular flexibility index (Phi) is 3.54. The van der Waals surface area contributed by atoms with Crippen molar-refractivity contribution < 1.29 is 18.8 Å². The number of rotatable bonds is 3. The predicted molar refractivity (Wildman–Crippen MR) is 73.3 cm³/mol. The molecule has 1 aromatic rings. The number of nitro groups is 1. The molecule has 1 aliphatic carbocycles. The number of halogens is 2. The summed E-state index contributed by atoms with van der Waals surface area (Å²) >= 11 is 0. The first-order valence-corrected chi connectivity index (χ1v) is 6.62. The highest BCUT2D eigenvalue weighted by molar-refractivity contribution is 5.49. The number of nitrogens with zero attached hydrogens (tertiary/aromatic N) is 1. The van der Waals surface area contributed by atoms with Crippen molar-refractivity contribution in [2.24, 2.45) is 5.73 Å². The second kappa shape index (κ2) is 4.71. The van der Waals surface area contributed by atoms with E-state index in [-0.39, 0.29) is 17.7 Å². The fraction of sp³-hybridized carbons (Fsp3) is 0.571. The Labute approximate surface area is 120 Å². The van der Waals surface area contributed by atoms with Gasteiger partial charge >= 0.3 is 0 Å². The number of aliphatic hydroxyl groups excluding tert-OH is 1. The Balaban J connectivity index is 2.72. The second-order valence-electron chi connectivity index (χ2n) is 6.20. The maximum atomic E-state index is 14.1. The lowest BCUT2D eigenvalue weighted by Gasteiger charge is -2.46. The molecule has 7 heteroatoms. The van der Waals surface area contributed by atoms with Crippen molar-refractivity contribution in [2.75, 3.05) is 6.61 Å². The van der Waals surface area contributed by atoms with Crippen molar-refractivity contribution in [3.63, 3.8) is 0 Å². The minimum Gasteiger partial charge on any atom is -0.390 e. The van der Waals surface area contributed by atoms with Crippen LogP contribution in [0.4, 0.5) is 14.5 Å². The van der Waals surface area contributed by atoms with E-state index in [0.717, 1.165) is 6.07 Å². The highest BCUT2D eigenvalue weighted by Crippen LogP contribution is 2.50. The summed E-state index contributed by atoms with van der Waals surface area (Å²) in [6.07, 6.45) is 0.353. The molecule has 21 heavy (non-hydrogen) atoms. The fourth-order valence-electron chi connectivity index (χ4n) is 2.91. The van der Waals surface area contributed by atoms with E-state index in [9.17, 15) is 18.9 Å². The van der Waals surface area contributed by atoms with E-state index in [4.69, 9.17) is 10.8 Å². The SMILES string of the molecule is CC1(C)CC[C@](N)(C(F)(F)CO)c2cc([N+](=O)[O-])ccc21. The standard InChI is InChI=1S/C14H18F2N2O3/c1-12(2)5-6-13(17,14(15,16)8-19)11-7-9(18(20)21)3-4-10(11)12/h3-4,7,19H,5-6,8,17H2,1-2H3/t13-/m1/s1. The third-order valence-electron chi connectivity index (χ3n) is 4.42. The lowest BCUT2D eigenvalue weighted by Crippen LogP contribution is -2.58. The predicted octanol–water partition coefficient (Wildman–Crippen LogP) is 2.45. The first-order chi connectivity index (χ1) is 9.55. The third kappa shape index (κ3) is 2.30. The Bertz CT molecular complexity index is 590. The van der Waals surface area contributed by atoms with Gasteiger partial charge in [-0.25, -0.2) is 8.78 Å². The molecule has 0 saturated heterocycles. The molecule has 0 aromatic heterocycles. The van der Waals surface area contributed by atoms with E-state index >= 15 is 0 Å². The number of fused-ring (bicyclic) bond motifs is 1. The van der Waals surface area contributed by atoms with E-state index in [0.29, 0.717) is 12.0 Å². The van der Waals surface area contributed by atoms with Crippen LogP contribution in [0.1, 0.15) is 37.8 Å². The molecule has 0 amide bonds. The summed E-state index contributed by atoms with van der Waals surface area (Å²) < 4.78 is 28.3. The molecule has 0 radical (unpaired) electrons. The van der Waals surface area contributed by atoms with E-state index in [1.807, 2.05) is 13.8 Å². The Morgan fingerprint density at radius 1 is 1.38 bits per heavy atom. The molecule has 0 aliphatic heterocycles. The van der Waals surface area contributed by atoms with Crippen LogP contribution in [0.5, 0.6) is 0 Å². The smallest absolute Gasteiger partial charge is 0.292 e. The van der Waals surface area contributed by atoms with Gasteiger partial charge < -0.3 is 10.8 Å². The van der Waals surface area contributed by atoms with Crippen molar-refractivity contribution >= 4 is 5.69 Å². The van der Waals surface area contributed by atoms with Crippen LogP contribution in [-0.2, 0) is 11.0 Å². The summed E-state index contributed by atoms with van der Waals surface area (Å²) in [5.74, 6) is -3.55. The third-order valence-corrected chi connectivity index (χ3v) is 4.42. The summed E-state index contributed by atoms with van der Waals surface area (Å²) in [6, 6.07) is 3.89. The molecular formula is C14H18F2N2O3. The zero-order valence-corrected chi connectivity index (χ0v) is 11.9. The van der Waals surface area contributed by atoms with Crippen molar-refractivity contribution in [3.05, 3.63) is 39.4 Å². The number of non-ortho nitro benzene ring substituents is 1. The van der Waals surface area contributed by atoms with Crippen LogP contribution in [0.25, 0.3) is 0 Å². The lowest BCUT2D eigenvalue weighted by molar-refractivity contribution is -0.385. The van der Waals surface area contributed by atoms with Gasteiger partial charge in [0.15, 0.2) is 0 Å². The largest absolute Gasteiger partial charge is 0.390 e. The average Bonchev–Trinajstić information content (AvgIpc) is 2.42. The zero-order valence-electron chi connectivity index (χ0n) is 11.9. The van der Waals surface area contributed by atoms with E-state index in [2.05, 4.69) is 0 Å². The highest BCUT2D eigenvalue weighted by atomic mass is 19.3. The number of nitrogens with two attached hydrogens (primary N) is 1. The van der Waals surface area contributed by atoms with Gasteiger partial charge in [-0.1, -0.05) is 19.9 Å². The molecule has 0 saturated carbocycles.